The number of carbonyl (C=O) groups excluding carboxylic acids is 1. The van der Waals surface area contributed by atoms with Gasteiger partial charge < -0.3 is 0 Å². The van der Waals surface area contributed by atoms with E-state index in [2.05, 4.69) is 44.0 Å². The van der Waals surface area contributed by atoms with Crippen molar-refractivity contribution in [1.82, 2.24) is 9.97 Å². The smallest absolute Gasteiger partial charge is 0.260 e. The molecule has 4 rings (SSSR count). The Morgan fingerprint density at radius 2 is 1.97 bits per heavy atom. The van der Waals surface area contributed by atoms with Crippen LogP contribution in [-0.4, -0.2) is 21.1 Å². The Kier molecular flexibility index (Phi) is 6.68. The summed E-state index contributed by atoms with van der Waals surface area (Å²) in [6, 6.07) is 19.9. The van der Waals surface area contributed by atoms with Gasteiger partial charge >= 0.3 is 0 Å². The number of anilines is 1. The van der Waals surface area contributed by atoms with Crippen LogP contribution in [0.2, 0.25) is 0 Å². The van der Waals surface area contributed by atoms with Gasteiger partial charge in [0, 0.05) is 21.9 Å². The van der Waals surface area contributed by atoms with Crippen LogP contribution in [0.1, 0.15) is 42.4 Å². The van der Waals surface area contributed by atoms with E-state index in [1.54, 1.807) is 34.2 Å². The van der Waals surface area contributed by atoms with E-state index in [1.807, 2.05) is 42.5 Å². The highest BCUT2D eigenvalue weighted by Crippen LogP contribution is 2.32. The lowest BCUT2D eigenvalue weighted by Crippen LogP contribution is -2.30. The number of hydrogen-bond donors (Lipinski definition) is 0. The molecule has 4 aromatic rings. The van der Waals surface area contributed by atoms with Gasteiger partial charge in [-0.15, -0.1) is 11.8 Å². The molecule has 0 radical (unpaired) electrons. The molecule has 0 saturated heterocycles. The largest absolute Gasteiger partial charge is 0.278 e. The van der Waals surface area contributed by atoms with Crippen LogP contribution in [-0.2, 0) is 13.0 Å². The van der Waals surface area contributed by atoms with E-state index < -0.39 is 0 Å². The molecular formula is C25H25N3OS2. The summed E-state index contributed by atoms with van der Waals surface area (Å²) in [6.07, 6.45) is 2.73. The van der Waals surface area contributed by atoms with Crippen molar-refractivity contribution in [3.63, 3.8) is 0 Å². The Hall–Kier alpha value is -2.70. The summed E-state index contributed by atoms with van der Waals surface area (Å²) in [5, 5.41) is 1.15. The first-order chi connectivity index (χ1) is 15.0. The van der Waals surface area contributed by atoms with Crippen LogP contribution < -0.4 is 4.90 Å². The van der Waals surface area contributed by atoms with Gasteiger partial charge in [-0.05, 0) is 54.4 Å². The number of amides is 1. The Morgan fingerprint density at radius 1 is 1.10 bits per heavy atom. The van der Waals surface area contributed by atoms with Gasteiger partial charge in [-0.2, -0.15) is 0 Å². The minimum atomic E-state index is -0.0633. The van der Waals surface area contributed by atoms with Crippen LogP contribution in [0.15, 0.2) is 71.8 Å². The molecule has 0 fully saturated rings. The van der Waals surface area contributed by atoms with Gasteiger partial charge in [-0.3, -0.25) is 14.7 Å². The number of aromatic nitrogens is 2. The molecule has 0 saturated carbocycles. The van der Waals surface area contributed by atoms with E-state index in [4.69, 9.17) is 4.98 Å². The predicted molar refractivity (Wildman–Crippen MR) is 131 cm³/mol. The molecule has 0 unspecified atom stereocenters. The first kappa shape index (κ1) is 21.5. The molecule has 2 aromatic carbocycles. The fraction of sp³-hybridized carbons (Fsp3) is 0.240. The van der Waals surface area contributed by atoms with Gasteiger partial charge in [0.1, 0.15) is 0 Å². The van der Waals surface area contributed by atoms with E-state index in [0.29, 0.717) is 22.5 Å². The highest BCUT2D eigenvalue weighted by atomic mass is 32.2. The number of hydrogen-bond acceptors (Lipinski definition) is 5. The van der Waals surface area contributed by atoms with E-state index in [0.717, 1.165) is 27.2 Å². The Morgan fingerprint density at radius 3 is 2.71 bits per heavy atom. The molecule has 0 aliphatic rings. The Labute approximate surface area is 191 Å². The maximum Gasteiger partial charge on any atom is 0.260 e. The number of nitrogens with zero attached hydrogens (tertiary/aromatic N) is 3. The Balaban J connectivity index is 1.73. The number of benzene rings is 2. The molecule has 0 aliphatic heterocycles. The number of rotatable bonds is 7. The number of carbonyl (C=O) groups is 1. The first-order valence-electron chi connectivity index (χ1n) is 10.4. The molecular weight excluding hydrogens is 422 g/mol. The Bertz CT molecular complexity index is 1190. The van der Waals surface area contributed by atoms with Crippen molar-refractivity contribution in [2.24, 2.45) is 0 Å². The molecule has 6 heteroatoms. The second kappa shape index (κ2) is 9.62. The first-order valence-corrected chi connectivity index (χ1v) is 12.1. The average Bonchev–Trinajstić information content (AvgIpc) is 3.20. The molecule has 0 spiro atoms. The zero-order valence-electron chi connectivity index (χ0n) is 17.9. The van der Waals surface area contributed by atoms with Gasteiger partial charge in [-0.1, -0.05) is 50.3 Å². The van der Waals surface area contributed by atoms with Gasteiger partial charge in [0.2, 0.25) is 0 Å². The molecule has 0 N–H and O–H groups in total. The lowest BCUT2D eigenvalue weighted by Gasteiger charge is -2.20. The fourth-order valence-corrected chi connectivity index (χ4v) is 5.23. The van der Waals surface area contributed by atoms with Gasteiger partial charge in [0.05, 0.1) is 22.5 Å². The van der Waals surface area contributed by atoms with Gasteiger partial charge in [0.25, 0.3) is 5.91 Å². The molecule has 4 nitrogen and oxygen atoms in total. The van der Waals surface area contributed by atoms with Crippen molar-refractivity contribution >= 4 is 44.4 Å². The maximum atomic E-state index is 13.6. The van der Waals surface area contributed by atoms with Crippen LogP contribution in [0.5, 0.6) is 0 Å². The quantitative estimate of drug-likeness (QED) is 0.299. The number of pyridine rings is 1. The van der Waals surface area contributed by atoms with E-state index in [1.165, 1.54) is 5.56 Å². The van der Waals surface area contributed by atoms with E-state index in [9.17, 15) is 4.79 Å². The summed E-state index contributed by atoms with van der Waals surface area (Å²) in [5.74, 6) is -0.0633. The molecule has 2 aromatic heterocycles. The SMILES string of the molecule is CCc1ccc2nc(N(Cc3ccccn3)C(=O)c3cccc(SC(C)C)c3)sc2c1. The minimum absolute atomic E-state index is 0.0633. The van der Waals surface area contributed by atoms with Gasteiger partial charge in [-0.25, -0.2) is 4.98 Å². The summed E-state index contributed by atoms with van der Waals surface area (Å²) in [4.78, 5) is 25.7. The topological polar surface area (TPSA) is 46.1 Å². The van der Waals surface area contributed by atoms with Crippen molar-refractivity contribution in [2.75, 3.05) is 4.90 Å². The number of thioether (sulfide) groups is 1. The second-order valence-electron chi connectivity index (χ2n) is 7.56. The van der Waals surface area contributed by atoms with Crippen molar-refractivity contribution in [3.8, 4) is 0 Å². The third-order valence-corrected chi connectivity index (χ3v) is 6.86. The van der Waals surface area contributed by atoms with Crippen LogP contribution in [0.25, 0.3) is 10.2 Å². The van der Waals surface area contributed by atoms with Crippen LogP contribution in [0.3, 0.4) is 0 Å². The monoisotopic (exact) mass is 447 g/mol. The minimum Gasteiger partial charge on any atom is -0.278 e. The number of aryl methyl sites for hydroxylation is 1. The van der Waals surface area contributed by atoms with Crippen LogP contribution in [0.4, 0.5) is 5.13 Å². The van der Waals surface area contributed by atoms with Gasteiger partial charge in [0.15, 0.2) is 5.13 Å². The van der Waals surface area contributed by atoms with Crippen molar-refractivity contribution in [1.29, 1.82) is 0 Å². The molecule has 31 heavy (non-hydrogen) atoms. The predicted octanol–water partition coefficient (Wildman–Crippen LogP) is 6.60. The highest BCUT2D eigenvalue weighted by molar-refractivity contribution is 7.99. The highest BCUT2D eigenvalue weighted by Gasteiger charge is 2.22. The maximum absolute atomic E-state index is 13.6. The zero-order chi connectivity index (χ0) is 21.8. The lowest BCUT2D eigenvalue weighted by molar-refractivity contribution is 0.0984. The molecule has 0 atom stereocenters. The van der Waals surface area contributed by atoms with Crippen molar-refractivity contribution < 1.29 is 4.79 Å². The fourth-order valence-electron chi connectivity index (χ4n) is 3.30. The van der Waals surface area contributed by atoms with Crippen molar-refractivity contribution in [3.05, 3.63) is 83.7 Å². The van der Waals surface area contributed by atoms with E-state index in [-0.39, 0.29) is 5.91 Å². The standard InChI is InChI=1S/C25H25N3OS2/c1-4-18-11-12-22-23(14-18)31-25(27-22)28(16-20-9-5-6-13-26-20)24(29)19-8-7-10-21(15-19)30-17(2)3/h5-15,17H,4,16H2,1-3H3. The third-order valence-electron chi connectivity index (χ3n) is 4.82. The summed E-state index contributed by atoms with van der Waals surface area (Å²) in [7, 11) is 0. The third kappa shape index (κ3) is 5.14. The van der Waals surface area contributed by atoms with Crippen LogP contribution in [0, 0.1) is 0 Å². The molecule has 2 heterocycles. The summed E-state index contributed by atoms with van der Waals surface area (Å²) >= 11 is 3.31. The average molecular weight is 448 g/mol. The zero-order valence-corrected chi connectivity index (χ0v) is 19.5. The normalized spacial score (nSPS) is 11.2. The number of fused-ring (bicyclic) bond motifs is 1. The summed E-state index contributed by atoms with van der Waals surface area (Å²) < 4.78 is 1.09. The summed E-state index contributed by atoms with van der Waals surface area (Å²) in [6.45, 7) is 6.82. The van der Waals surface area contributed by atoms with E-state index >= 15 is 0 Å². The second-order valence-corrected chi connectivity index (χ2v) is 10.2. The number of thiazole rings is 1. The molecule has 0 aliphatic carbocycles. The summed E-state index contributed by atoms with van der Waals surface area (Å²) in [5.41, 5.74) is 3.68. The molecule has 158 valence electrons. The lowest BCUT2D eigenvalue weighted by atomic mass is 10.2. The van der Waals surface area contributed by atoms with Crippen LogP contribution >= 0.6 is 23.1 Å². The van der Waals surface area contributed by atoms with Crippen molar-refractivity contribution in [2.45, 2.75) is 43.9 Å². The molecule has 1 amide bonds. The molecule has 0 bridgehead atoms.